The summed E-state index contributed by atoms with van der Waals surface area (Å²) in [6, 6.07) is 5.59. The summed E-state index contributed by atoms with van der Waals surface area (Å²) < 4.78 is 27.0. The van der Waals surface area contributed by atoms with Gasteiger partial charge in [0, 0.05) is 12.2 Å². The molecule has 5 heteroatoms. The molecule has 0 aromatic heterocycles. The minimum absolute atomic E-state index is 0.258. The lowest BCUT2D eigenvalue weighted by atomic mass is 9.91. The average molecular weight is 296 g/mol. The highest BCUT2D eigenvalue weighted by Crippen LogP contribution is 2.24. The minimum atomic E-state index is -3.20. The summed E-state index contributed by atoms with van der Waals surface area (Å²) in [5.41, 5.74) is 8.43. The highest BCUT2D eigenvalue weighted by atomic mass is 32.2. The van der Waals surface area contributed by atoms with Crippen LogP contribution in [0.25, 0.3) is 0 Å². The van der Waals surface area contributed by atoms with Gasteiger partial charge in [0.05, 0.1) is 5.75 Å². The standard InChI is InChI=1S/C15H24N2O2S/c1-12-14(8-5-9-15(12)16)10-17-20(18,19)11-13-6-3-2-4-7-13/h5,8-9,13,17H,2-4,6-7,10-11,16H2,1H3. The van der Waals surface area contributed by atoms with Crippen molar-refractivity contribution in [1.29, 1.82) is 0 Å². The lowest BCUT2D eigenvalue weighted by molar-refractivity contribution is 0.384. The van der Waals surface area contributed by atoms with Crippen LogP contribution >= 0.6 is 0 Å². The first-order valence-electron chi connectivity index (χ1n) is 7.29. The molecule has 1 fully saturated rings. The molecule has 112 valence electrons. The third kappa shape index (κ3) is 4.21. The number of nitrogens with one attached hydrogen (secondary N) is 1. The van der Waals surface area contributed by atoms with Gasteiger partial charge in [-0.15, -0.1) is 0 Å². The largest absolute Gasteiger partial charge is 0.399 e. The first-order chi connectivity index (χ1) is 9.48. The molecule has 0 atom stereocenters. The molecular formula is C15H24N2O2S. The predicted octanol–water partition coefficient (Wildman–Crippen LogP) is 2.58. The Bertz CT molecular complexity index is 549. The molecule has 0 unspecified atom stereocenters. The number of nitrogens with two attached hydrogens (primary N) is 1. The fourth-order valence-electron chi connectivity index (χ4n) is 2.81. The first-order valence-corrected chi connectivity index (χ1v) is 8.94. The van der Waals surface area contributed by atoms with Crippen LogP contribution in [0.3, 0.4) is 0 Å². The van der Waals surface area contributed by atoms with Crippen molar-refractivity contribution in [3.8, 4) is 0 Å². The monoisotopic (exact) mass is 296 g/mol. The van der Waals surface area contributed by atoms with Crippen molar-refractivity contribution in [3.05, 3.63) is 29.3 Å². The Hall–Kier alpha value is -1.07. The molecule has 0 bridgehead atoms. The zero-order valence-corrected chi connectivity index (χ0v) is 12.9. The van der Waals surface area contributed by atoms with Gasteiger partial charge in [-0.05, 0) is 42.9 Å². The Morgan fingerprint density at radius 2 is 1.95 bits per heavy atom. The highest BCUT2D eigenvalue weighted by molar-refractivity contribution is 7.89. The summed E-state index contributed by atoms with van der Waals surface area (Å²) in [7, 11) is -3.20. The van der Waals surface area contributed by atoms with Gasteiger partial charge in [-0.1, -0.05) is 31.4 Å². The maximum Gasteiger partial charge on any atom is 0.212 e. The van der Waals surface area contributed by atoms with Gasteiger partial charge in [0.2, 0.25) is 10.0 Å². The molecule has 4 nitrogen and oxygen atoms in total. The molecular weight excluding hydrogens is 272 g/mol. The molecule has 0 aliphatic heterocycles. The van der Waals surface area contributed by atoms with E-state index in [-0.39, 0.29) is 5.75 Å². The van der Waals surface area contributed by atoms with Crippen molar-refractivity contribution in [2.24, 2.45) is 5.92 Å². The second-order valence-corrected chi connectivity index (χ2v) is 7.59. The SMILES string of the molecule is Cc1c(N)cccc1CNS(=O)(=O)CC1CCCCC1. The van der Waals surface area contributed by atoms with Crippen LogP contribution in [-0.4, -0.2) is 14.2 Å². The average Bonchev–Trinajstić information content (AvgIpc) is 2.41. The third-order valence-electron chi connectivity index (χ3n) is 4.15. The molecule has 0 amide bonds. The van der Waals surface area contributed by atoms with Crippen LogP contribution in [0.1, 0.15) is 43.2 Å². The van der Waals surface area contributed by atoms with Crippen molar-refractivity contribution in [2.45, 2.75) is 45.6 Å². The lowest BCUT2D eigenvalue weighted by Crippen LogP contribution is -2.30. The Labute approximate surface area is 121 Å². The van der Waals surface area contributed by atoms with Crippen molar-refractivity contribution in [1.82, 2.24) is 4.72 Å². The fourth-order valence-corrected chi connectivity index (χ4v) is 4.25. The molecule has 20 heavy (non-hydrogen) atoms. The number of rotatable bonds is 5. The van der Waals surface area contributed by atoms with E-state index in [4.69, 9.17) is 5.73 Å². The summed E-state index contributed by atoms with van der Waals surface area (Å²) in [5.74, 6) is 0.581. The topological polar surface area (TPSA) is 72.2 Å². The number of hydrogen-bond donors (Lipinski definition) is 2. The van der Waals surface area contributed by atoms with Gasteiger partial charge < -0.3 is 5.73 Å². The molecule has 1 aliphatic carbocycles. The Kier molecular flexibility index (Phi) is 5.05. The van der Waals surface area contributed by atoms with E-state index < -0.39 is 10.0 Å². The van der Waals surface area contributed by atoms with Crippen LogP contribution < -0.4 is 10.5 Å². The van der Waals surface area contributed by atoms with Gasteiger partial charge >= 0.3 is 0 Å². The maximum absolute atomic E-state index is 12.1. The van der Waals surface area contributed by atoms with Crippen LogP contribution in [0.15, 0.2) is 18.2 Å². The van der Waals surface area contributed by atoms with Gasteiger partial charge in [0.15, 0.2) is 0 Å². The molecule has 1 aromatic carbocycles. The van der Waals surface area contributed by atoms with E-state index in [1.165, 1.54) is 6.42 Å². The number of anilines is 1. The molecule has 0 radical (unpaired) electrons. The smallest absolute Gasteiger partial charge is 0.212 e. The number of sulfonamides is 1. The Balaban J connectivity index is 1.93. The number of nitrogen functional groups attached to an aromatic ring is 1. The Morgan fingerprint density at radius 3 is 2.65 bits per heavy atom. The van der Waals surface area contributed by atoms with E-state index >= 15 is 0 Å². The van der Waals surface area contributed by atoms with Crippen LogP contribution in [0.5, 0.6) is 0 Å². The van der Waals surface area contributed by atoms with Crippen molar-refractivity contribution in [3.63, 3.8) is 0 Å². The van der Waals surface area contributed by atoms with Crippen LogP contribution in [-0.2, 0) is 16.6 Å². The first kappa shape index (κ1) is 15.3. The van der Waals surface area contributed by atoms with E-state index in [1.807, 2.05) is 25.1 Å². The van der Waals surface area contributed by atoms with Gasteiger partial charge in [-0.25, -0.2) is 13.1 Å². The van der Waals surface area contributed by atoms with Gasteiger partial charge in [0.1, 0.15) is 0 Å². The zero-order chi connectivity index (χ0) is 14.6. The summed E-state index contributed by atoms with van der Waals surface area (Å²) >= 11 is 0. The normalized spacial score (nSPS) is 17.2. The van der Waals surface area contributed by atoms with Gasteiger partial charge in [-0.3, -0.25) is 0 Å². The minimum Gasteiger partial charge on any atom is -0.399 e. The van der Waals surface area contributed by atoms with E-state index in [2.05, 4.69) is 4.72 Å². The zero-order valence-electron chi connectivity index (χ0n) is 12.1. The second kappa shape index (κ2) is 6.59. The summed E-state index contributed by atoms with van der Waals surface area (Å²) in [5, 5.41) is 0. The van der Waals surface area contributed by atoms with E-state index in [1.54, 1.807) is 0 Å². The van der Waals surface area contributed by atoms with E-state index in [0.29, 0.717) is 18.2 Å². The molecule has 2 rings (SSSR count). The molecule has 3 N–H and O–H groups in total. The van der Waals surface area contributed by atoms with Crippen molar-refractivity contribution >= 4 is 15.7 Å². The summed E-state index contributed by atoms with van der Waals surface area (Å²) in [6.07, 6.45) is 5.64. The van der Waals surface area contributed by atoms with E-state index in [9.17, 15) is 8.42 Å². The fraction of sp³-hybridized carbons (Fsp3) is 0.600. The molecule has 1 aromatic rings. The van der Waals surface area contributed by atoms with Crippen LogP contribution in [0.4, 0.5) is 5.69 Å². The van der Waals surface area contributed by atoms with Crippen LogP contribution in [0.2, 0.25) is 0 Å². The van der Waals surface area contributed by atoms with Crippen molar-refractivity contribution in [2.75, 3.05) is 11.5 Å². The Morgan fingerprint density at radius 1 is 1.25 bits per heavy atom. The number of hydrogen-bond acceptors (Lipinski definition) is 3. The molecule has 1 saturated carbocycles. The second-order valence-electron chi connectivity index (χ2n) is 5.74. The molecule has 1 aliphatic rings. The van der Waals surface area contributed by atoms with E-state index in [0.717, 1.165) is 36.8 Å². The quantitative estimate of drug-likeness (QED) is 0.820. The maximum atomic E-state index is 12.1. The molecule has 0 heterocycles. The molecule has 0 spiro atoms. The van der Waals surface area contributed by atoms with Gasteiger partial charge in [0.25, 0.3) is 0 Å². The number of benzene rings is 1. The summed E-state index contributed by atoms with van der Waals surface area (Å²) in [4.78, 5) is 0. The highest BCUT2D eigenvalue weighted by Gasteiger charge is 2.21. The van der Waals surface area contributed by atoms with Gasteiger partial charge in [-0.2, -0.15) is 0 Å². The molecule has 0 saturated heterocycles. The summed E-state index contributed by atoms with van der Waals surface area (Å²) in [6.45, 7) is 2.24. The third-order valence-corrected chi connectivity index (χ3v) is 5.64. The van der Waals surface area contributed by atoms with Crippen molar-refractivity contribution < 1.29 is 8.42 Å². The predicted molar refractivity (Wildman–Crippen MR) is 82.8 cm³/mol. The van der Waals surface area contributed by atoms with Crippen LogP contribution in [0, 0.1) is 12.8 Å². The lowest BCUT2D eigenvalue weighted by Gasteiger charge is -2.21.